The van der Waals surface area contributed by atoms with E-state index in [4.69, 9.17) is 5.11 Å². The van der Waals surface area contributed by atoms with Gasteiger partial charge in [0.15, 0.2) is 0 Å². The molecule has 1 N–H and O–H groups in total. The molecule has 0 saturated heterocycles. The molecule has 0 aliphatic heterocycles. The molecule has 60 valence electrons. The average Bonchev–Trinajstić information content (AvgIpc) is 2.31. The lowest BCUT2D eigenvalue weighted by Crippen LogP contribution is -2.07. The van der Waals surface area contributed by atoms with E-state index in [0.717, 1.165) is 5.82 Å². The summed E-state index contributed by atoms with van der Waals surface area (Å²) < 4.78 is 1.56. The first-order valence-electron chi connectivity index (χ1n) is 3.26. The Morgan fingerprint density at radius 3 is 3.00 bits per heavy atom. The van der Waals surface area contributed by atoms with Crippen LogP contribution in [0.4, 0.5) is 0 Å². The molecule has 0 atom stereocenters. The molecule has 0 fully saturated rings. The number of aromatic nitrogens is 3. The van der Waals surface area contributed by atoms with Crippen LogP contribution in [0.25, 0.3) is 0 Å². The Morgan fingerprint density at radius 1 is 1.82 bits per heavy atom. The SMILES string of the molecule is Cc1ncnn1CCC(=O)O. The summed E-state index contributed by atoms with van der Waals surface area (Å²) in [5, 5.41) is 12.2. The van der Waals surface area contributed by atoms with Gasteiger partial charge in [-0.1, -0.05) is 0 Å². The van der Waals surface area contributed by atoms with Gasteiger partial charge in [-0.25, -0.2) is 9.67 Å². The first kappa shape index (κ1) is 7.71. The molecule has 0 spiro atoms. The summed E-state index contributed by atoms with van der Waals surface area (Å²) in [7, 11) is 0. The maximum Gasteiger partial charge on any atom is 0.305 e. The number of carbonyl (C=O) groups is 1. The number of aryl methyl sites for hydroxylation is 2. The molecule has 0 saturated carbocycles. The zero-order valence-electron chi connectivity index (χ0n) is 6.19. The van der Waals surface area contributed by atoms with Gasteiger partial charge in [0.2, 0.25) is 0 Å². The molecular weight excluding hydrogens is 146 g/mol. The van der Waals surface area contributed by atoms with Crippen LogP contribution in [-0.2, 0) is 11.3 Å². The standard InChI is InChI=1S/C6H9N3O2/c1-5-7-4-8-9(5)3-2-6(10)11/h4H,2-3H2,1H3,(H,10,11). The number of carboxylic acid groups (broad SMARTS) is 1. The molecule has 1 aromatic rings. The largest absolute Gasteiger partial charge is 0.481 e. The maximum absolute atomic E-state index is 10.1. The Kier molecular flexibility index (Phi) is 2.20. The predicted octanol–water partition coefficient (Wildman–Crippen LogP) is 0.0612. The quantitative estimate of drug-likeness (QED) is 0.670. The zero-order chi connectivity index (χ0) is 8.27. The highest BCUT2D eigenvalue weighted by molar-refractivity contribution is 5.66. The van der Waals surface area contributed by atoms with Crippen molar-refractivity contribution in [2.75, 3.05) is 0 Å². The monoisotopic (exact) mass is 155 g/mol. The van der Waals surface area contributed by atoms with Gasteiger partial charge >= 0.3 is 5.97 Å². The molecule has 1 rings (SSSR count). The van der Waals surface area contributed by atoms with E-state index in [-0.39, 0.29) is 6.42 Å². The van der Waals surface area contributed by atoms with Gasteiger partial charge in [0.25, 0.3) is 0 Å². The van der Waals surface area contributed by atoms with Crippen molar-refractivity contribution in [3.8, 4) is 0 Å². The van der Waals surface area contributed by atoms with Crippen LogP contribution < -0.4 is 0 Å². The second kappa shape index (κ2) is 3.14. The highest BCUT2D eigenvalue weighted by Crippen LogP contribution is 1.92. The molecule has 11 heavy (non-hydrogen) atoms. The van der Waals surface area contributed by atoms with Crippen LogP contribution in [0.3, 0.4) is 0 Å². The topological polar surface area (TPSA) is 68.0 Å². The van der Waals surface area contributed by atoms with Crippen LogP contribution in [0.5, 0.6) is 0 Å². The van der Waals surface area contributed by atoms with Crippen LogP contribution in [0.1, 0.15) is 12.2 Å². The van der Waals surface area contributed by atoms with E-state index in [9.17, 15) is 4.79 Å². The van der Waals surface area contributed by atoms with Crippen molar-refractivity contribution in [2.45, 2.75) is 19.9 Å². The molecule has 1 heterocycles. The summed E-state index contributed by atoms with van der Waals surface area (Å²) in [5.41, 5.74) is 0. The lowest BCUT2D eigenvalue weighted by Gasteiger charge is -1.97. The second-order valence-corrected chi connectivity index (χ2v) is 2.17. The van der Waals surface area contributed by atoms with Gasteiger partial charge in [-0.15, -0.1) is 0 Å². The Hall–Kier alpha value is -1.39. The van der Waals surface area contributed by atoms with E-state index in [1.165, 1.54) is 6.33 Å². The van der Waals surface area contributed by atoms with Crippen molar-refractivity contribution in [1.82, 2.24) is 14.8 Å². The van der Waals surface area contributed by atoms with E-state index in [2.05, 4.69) is 10.1 Å². The average molecular weight is 155 g/mol. The van der Waals surface area contributed by atoms with Crippen molar-refractivity contribution in [3.63, 3.8) is 0 Å². The van der Waals surface area contributed by atoms with Crippen LogP contribution in [0, 0.1) is 6.92 Å². The van der Waals surface area contributed by atoms with Gasteiger partial charge in [0, 0.05) is 0 Å². The summed E-state index contributed by atoms with van der Waals surface area (Å²) in [6.07, 6.45) is 1.50. The highest BCUT2D eigenvalue weighted by atomic mass is 16.4. The number of nitrogens with zero attached hydrogens (tertiary/aromatic N) is 3. The van der Waals surface area contributed by atoms with Gasteiger partial charge in [-0.2, -0.15) is 5.10 Å². The van der Waals surface area contributed by atoms with Crippen LogP contribution in [0.15, 0.2) is 6.33 Å². The molecule has 5 heteroatoms. The molecule has 0 unspecified atom stereocenters. The van der Waals surface area contributed by atoms with Crippen molar-refractivity contribution < 1.29 is 9.90 Å². The number of hydrogen-bond acceptors (Lipinski definition) is 3. The first-order valence-corrected chi connectivity index (χ1v) is 3.26. The summed E-state index contributed by atoms with van der Waals surface area (Å²) >= 11 is 0. The molecule has 0 aliphatic rings. The highest BCUT2D eigenvalue weighted by Gasteiger charge is 2.00. The third-order valence-corrected chi connectivity index (χ3v) is 1.35. The van der Waals surface area contributed by atoms with E-state index in [1.54, 1.807) is 11.6 Å². The number of aliphatic carboxylic acids is 1. The van der Waals surface area contributed by atoms with Crippen molar-refractivity contribution >= 4 is 5.97 Å². The molecule has 5 nitrogen and oxygen atoms in total. The van der Waals surface area contributed by atoms with Gasteiger partial charge in [-0.3, -0.25) is 4.79 Å². The van der Waals surface area contributed by atoms with E-state index in [1.807, 2.05) is 0 Å². The Morgan fingerprint density at radius 2 is 2.55 bits per heavy atom. The molecule has 0 aliphatic carbocycles. The third kappa shape index (κ3) is 2.03. The molecule has 0 bridgehead atoms. The normalized spacial score (nSPS) is 9.91. The Labute approximate surface area is 63.7 Å². The molecule has 0 aromatic carbocycles. The van der Waals surface area contributed by atoms with Crippen LogP contribution in [-0.4, -0.2) is 25.8 Å². The summed E-state index contributed by atoms with van der Waals surface area (Å²) in [4.78, 5) is 14.0. The Bertz CT molecular complexity index is 256. The van der Waals surface area contributed by atoms with Gasteiger partial charge < -0.3 is 5.11 Å². The number of rotatable bonds is 3. The third-order valence-electron chi connectivity index (χ3n) is 1.35. The fraction of sp³-hybridized carbons (Fsp3) is 0.500. The lowest BCUT2D eigenvalue weighted by molar-refractivity contribution is -0.137. The van der Waals surface area contributed by atoms with Crippen LogP contribution in [0.2, 0.25) is 0 Å². The van der Waals surface area contributed by atoms with Crippen molar-refractivity contribution in [2.24, 2.45) is 0 Å². The van der Waals surface area contributed by atoms with E-state index >= 15 is 0 Å². The minimum Gasteiger partial charge on any atom is -0.481 e. The predicted molar refractivity (Wildman–Crippen MR) is 37.0 cm³/mol. The summed E-state index contributed by atoms with van der Waals surface area (Å²) in [5.74, 6) is -0.0776. The molecule has 0 radical (unpaired) electrons. The number of carboxylic acids is 1. The van der Waals surface area contributed by atoms with E-state index < -0.39 is 5.97 Å². The second-order valence-electron chi connectivity index (χ2n) is 2.17. The number of hydrogen-bond donors (Lipinski definition) is 1. The maximum atomic E-state index is 10.1. The molecular formula is C6H9N3O2. The zero-order valence-corrected chi connectivity index (χ0v) is 6.19. The Balaban J connectivity index is 2.51. The van der Waals surface area contributed by atoms with Gasteiger partial charge in [0.1, 0.15) is 12.2 Å². The summed E-state index contributed by atoms with van der Waals surface area (Å²) in [6, 6.07) is 0. The van der Waals surface area contributed by atoms with E-state index in [0.29, 0.717) is 6.54 Å². The fourth-order valence-corrected chi connectivity index (χ4v) is 0.743. The smallest absolute Gasteiger partial charge is 0.305 e. The summed E-state index contributed by atoms with van der Waals surface area (Å²) in [6.45, 7) is 2.18. The molecule has 1 aromatic heterocycles. The van der Waals surface area contributed by atoms with Gasteiger partial charge in [0.05, 0.1) is 13.0 Å². The van der Waals surface area contributed by atoms with Crippen molar-refractivity contribution in [1.29, 1.82) is 0 Å². The van der Waals surface area contributed by atoms with Crippen molar-refractivity contribution in [3.05, 3.63) is 12.2 Å². The molecule has 0 amide bonds. The fourth-order valence-electron chi connectivity index (χ4n) is 0.743. The first-order chi connectivity index (χ1) is 5.20. The minimum atomic E-state index is -0.820. The minimum absolute atomic E-state index is 0.0875. The van der Waals surface area contributed by atoms with Gasteiger partial charge in [-0.05, 0) is 6.92 Å². The van der Waals surface area contributed by atoms with Crippen LogP contribution >= 0.6 is 0 Å². The lowest BCUT2D eigenvalue weighted by atomic mass is 10.4.